The summed E-state index contributed by atoms with van der Waals surface area (Å²) in [6.45, 7) is 5.49. The molecule has 0 aliphatic rings. The topological polar surface area (TPSA) is 84.3 Å². The highest BCUT2D eigenvalue weighted by Gasteiger charge is 2.18. The molecular formula is C23H33N3O4. The van der Waals surface area contributed by atoms with E-state index < -0.39 is 11.9 Å². The van der Waals surface area contributed by atoms with Crippen molar-refractivity contribution < 1.29 is 19.8 Å². The predicted octanol–water partition coefficient (Wildman–Crippen LogP) is 3.95. The minimum absolute atomic E-state index is 0.399. The number of hydrogen-bond acceptors (Lipinski definition) is 5. The third-order valence-electron chi connectivity index (χ3n) is 4.78. The lowest BCUT2D eigenvalue weighted by Crippen LogP contribution is -2.28. The molecule has 2 aromatic carbocycles. The summed E-state index contributed by atoms with van der Waals surface area (Å²) >= 11 is 0. The molecule has 0 saturated carbocycles. The Balaban J connectivity index is 0.000000656. The van der Waals surface area contributed by atoms with Gasteiger partial charge >= 0.3 is 11.9 Å². The van der Waals surface area contributed by atoms with E-state index >= 15 is 0 Å². The van der Waals surface area contributed by atoms with E-state index in [-0.39, 0.29) is 0 Å². The van der Waals surface area contributed by atoms with Gasteiger partial charge in [0.05, 0.1) is 6.04 Å². The number of nitrogens with zero attached hydrogens (tertiary/aromatic N) is 3. The average Bonchev–Trinajstić information content (AvgIpc) is 2.72. The van der Waals surface area contributed by atoms with Crippen molar-refractivity contribution in [2.24, 2.45) is 0 Å². The van der Waals surface area contributed by atoms with E-state index in [1.165, 1.54) is 22.6 Å². The maximum atomic E-state index is 9.10. The Hall–Kier alpha value is -3.22. The lowest BCUT2D eigenvalue weighted by molar-refractivity contribution is -0.159. The fourth-order valence-electron chi connectivity index (χ4n) is 3.16. The van der Waals surface area contributed by atoms with Gasteiger partial charge in [0.15, 0.2) is 0 Å². The van der Waals surface area contributed by atoms with Gasteiger partial charge in [-0.05, 0) is 55.3 Å². The van der Waals surface area contributed by atoms with Crippen LogP contribution in [0.25, 0.3) is 0 Å². The van der Waals surface area contributed by atoms with E-state index in [1.54, 1.807) is 0 Å². The van der Waals surface area contributed by atoms with Crippen LogP contribution in [-0.4, -0.2) is 56.9 Å². The first-order valence-electron chi connectivity index (χ1n) is 9.89. The summed E-state index contributed by atoms with van der Waals surface area (Å²) in [5, 5.41) is 14.8. The number of hydrogen-bond donors (Lipinski definition) is 2. The smallest absolute Gasteiger partial charge is 0.414 e. The zero-order chi connectivity index (χ0) is 22.8. The molecule has 164 valence electrons. The van der Waals surface area contributed by atoms with Crippen LogP contribution in [0.4, 0.5) is 17.1 Å². The van der Waals surface area contributed by atoms with Crippen molar-refractivity contribution in [3.63, 3.8) is 0 Å². The summed E-state index contributed by atoms with van der Waals surface area (Å²) < 4.78 is 0. The standard InChI is InChI=1S/C21H31N3.C2H2O4/c1-7-21(17-9-11-18(12-10-17)22(3)4)24(8-2)20-15-13-19(14-16-20)23(5)6;3-1(4)2(5)6/h9-16,21H,7-8H2,1-6H3;(H,3,4)(H,5,6). The second kappa shape index (κ2) is 11.7. The van der Waals surface area contributed by atoms with Crippen LogP contribution in [-0.2, 0) is 9.59 Å². The second-order valence-electron chi connectivity index (χ2n) is 7.22. The summed E-state index contributed by atoms with van der Waals surface area (Å²) in [4.78, 5) is 25.0. The number of carbonyl (C=O) groups is 2. The molecule has 2 aromatic rings. The van der Waals surface area contributed by atoms with Crippen molar-refractivity contribution >= 4 is 29.0 Å². The molecule has 0 aliphatic carbocycles. The van der Waals surface area contributed by atoms with Gasteiger partial charge in [0.2, 0.25) is 0 Å². The van der Waals surface area contributed by atoms with Gasteiger partial charge in [0.1, 0.15) is 0 Å². The van der Waals surface area contributed by atoms with E-state index in [4.69, 9.17) is 19.8 Å². The number of anilines is 3. The number of benzene rings is 2. The Kier molecular flexibility index (Phi) is 9.68. The van der Waals surface area contributed by atoms with Gasteiger partial charge in [-0.1, -0.05) is 19.1 Å². The van der Waals surface area contributed by atoms with Crippen LogP contribution in [0.2, 0.25) is 0 Å². The number of rotatable bonds is 7. The minimum Gasteiger partial charge on any atom is -0.473 e. The highest BCUT2D eigenvalue weighted by molar-refractivity contribution is 6.27. The summed E-state index contributed by atoms with van der Waals surface area (Å²) in [7, 11) is 8.31. The first-order chi connectivity index (χ1) is 14.1. The van der Waals surface area contributed by atoms with E-state index in [0.29, 0.717) is 6.04 Å². The molecule has 0 aromatic heterocycles. The largest absolute Gasteiger partial charge is 0.473 e. The molecule has 0 heterocycles. The quantitative estimate of drug-likeness (QED) is 0.662. The van der Waals surface area contributed by atoms with Crippen LogP contribution in [0, 0.1) is 0 Å². The van der Waals surface area contributed by atoms with Crippen molar-refractivity contribution in [2.75, 3.05) is 49.4 Å². The maximum absolute atomic E-state index is 9.10. The van der Waals surface area contributed by atoms with Gasteiger partial charge in [-0.15, -0.1) is 0 Å². The van der Waals surface area contributed by atoms with Crippen molar-refractivity contribution in [3.8, 4) is 0 Å². The molecule has 2 rings (SSSR count). The molecule has 7 heteroatoms. The monoisotopic (exact) mass is 415 g/mol. The van der Waals surface area contributed by atoms with Gasteiger partial charge in [0, 0.05) is 51.8 Å². The van der Waals surface area contributed by atoms with Gasteiger partial charge < -0.3 is 24.9 Å². The van der Waals surface area contributed by atoms with E-state index in [2.05, 4.69) is 105 Å². The number of carboxylic acids is 2. The Labute approximate surface area is 179 Å². The first kappa shape index (κ1) is 24.8. The SMILES string of the molecule is CCC(c1ccc(N(C)C)cc1)N(CC)c1ccc(N(C)C)cc1.O=C(O)C(=O)O. The van der Waals surface area contributed by atoms with Crippen LogP contribution in [0.15, 0.2) is 48.5 Å². The maximum Gasteiger partial charge on any atom is 0.414 e. The molecule has 1 atom stereocenters. The van der Waals surface area contributed by atoms with Crippen molar-refractivity contribution in [2.45, 2.75) is 26.3 Å². The van der Waals surface area contributed by atoms with Gasteiger partial charge in [0.25, 0.3) is 0 Å². The normalized spacial score (nSPS) is 11.0. The van der Waals surface area contributed by atoms with Gasteiger partial charge in [-0.2, -0.15) is 0 Å². The molecule has 30 heavy (non-hydrogen) atoms. The fourth-order valence-corrected chi connectivity index (χ4v) is 3.16. The summed E-state index contributed by atoms with van der Waals surface area (Å²) in [5.41, 5.74) is 5.14. The van der Waals surface area contributed by atoms with Crippen LogP contribution in [0.1, 0.15) is 31.9 Å². The van der Waals surface area contributed by atoms with Crippen molar-refractivity contribution in [3.05, 3.63) is 54.1 Å². The highest BCUT2D eigenvalue weighted by Crippen LogP contribution is 2.31. The lowest BCUT2D eigenvalue weighted by Gasteiger charge is -2.33. The minimum atomic E-state index is -1.82. The molecule has 0 aliphatic heterocycles. The Bertz CT molecular complexity index is 733. The van der Waals surface area contributed by atoms with Crippen molar-refractivity contribution in [1.29, 1.82) is 0 Å². The fraction of sp³-hybridized carbons (Fsp3) is 0.391. The Morgan fingerprint density at radius 1 is 0.733 bits per heavy atom. The number of aliphatic carboxylic acids is 2. The zero-order valence-electron chi connectivity index (χ0n) is 18.7. The molecule has 0 amide bonds. The molecule has 0 radical (unpaired) electrons. The second-order valence-corrected chi connectivity index (χ2v) is 7.22. The van der Waals surface area contributed by atoms with E-state index in [0.717, 1.165) is 13.0 Å². The van der Waals surface area contributed by atoms with Crippen molar-refractivity contribution in [1.82, 2.24) is 0 Å². The van der Waals surface area contributed by atoms with Crippen LogP contribution < -0.4 is 14.7 Å². The predicted molar refractivity (Wildman–Crippen MR) is 123 cm³/mol. The molecule has 2 N–H and O–H groups in total. The molecule has 0 saturated heterocycles. The van der Waals surface area contributed by atoms with E-state index in [1.807, 2.05) is 0 Å². The summed E-state index contributed by atoms with van der Waals surface area (Å²) in [5.74, 6) is -3.65. The third kappa shape index (κ3) is 6.99. The molecule has 0 spiro atoms. The molecule has 7 nitrogen and oxygen atoms in total. The average molecular weight is 416 g/mol. The van der Waals surface area contributed by atoms with Crippen LogP contribution in [0.3, 0.4) is 0 Å². The summed E-state index contributed by atoms with van der Waals surface area (Å²) in [6.07, 6.45) is 1.09. The molecule has 1 unspecified atom stereocenters. The van der Waals surface area contributed by atoms with Crippen LogP contribution in [0.5, 0.6) is 0 Å². The Morgan fingerprint density at radius 3 is 1.40 bits per heavy atom. The summed E-state index contributed by atoms with van der Waals surface area (Å²) in [6, 6.07) is 18.2. The molecular weight excluding hydrogens is 382 g/mol. The number of carboxylic acid groups (broad SMARTS) is 2. The molecule has 0 bridgehead atoms. The highest BCUT2D eigenvalue weighted by atomic mass is 16.4. The first-order valence-corrected chi connectivity index (χ1v) is 9.89. The zero-order valence-corrected chi connectivity index (χ0v) is 18.7. The van der Waals surface area contributed by atoms with Crippen LogP contribution >= 0.6 is 0 Å². The van der Waals surface area contributed by atoms with Gasteiger partial charge in [-0.25, -0.2) is 9.59 Å². The third-order valence-corrected chi connectivity index (χ3v) is 4.78. The van der Waals surface area contributed by atoms with Gasteiger partial charge in [-0.3, -0.25) is 0 Å². The lowest BCUT2D eigenvalue weighted by atomic mass is 10.0. The van der Waals surface area contributed by atoms with E-state index in [9.17, 15) is 0 Å². The molecule has 0 fully saturated rings. The Morgan fingerprint density at radius 2 is 1.10 bits per heavy atom.